The molecule has 0 bridgehead atoms. The predicted octanol–water partition coefficient (Wildman–Crippen LogP) is 11.7. The molecule has 0 saturated heterocycles. The highest BCUT2D eigenvalue weighted by Crippen LogP contribution is 2.41. The molecule has 0 amide bonds. The third-order valence-electron chi connectivity index (χ3n) is 9.12. The second kappa shape index (κ2) is 12.3. The smallest absolute Gasteiger partial charge is 0.174 e. The van der Waals surface area contributed by atoms with Crippen LogP contribution in [-0.2, 0) is 33.5 Å². The van der Waals surface area contributed by atoms with Gasteiger partial charge < -0.3 is 19.0 Å². The molecule has 0 saturated carbocycles. The van der Waals surface area contributed by atoms with Crippen LogP contribution in [0.2, 0.25) is 0 Å². The summed E-state index contributed by atoms with van der Waals surface area (Å²) in [6.07, 6.45) is 1.55. The zero-order valence-electron chi connectivity index (χ0n) is 32.2. The normalized spacial score (nSPS) is 13.4. The van der Waals surface area contributed by atoms with Crippen molar-refractivity contribution in [1.29, 1.82) is 0 Å². The number of phenolic OH excluding ortho intramolecular Hbond substituents is 1. The molecule has 5 nitrogen and oxygen atoms in total. The van der Waals surface area contributed by atoms with Crippen molar-refractivity contribution < 1.29 is 19.0 Å². The summed E-state index contributed by atoms with van der Waals surface area (Å²) in [4.78, 5) is 6.32. The first-order valence-electron chi connectivity index (χ1n) is 17.3. The molecular weight excluding hydrogens is 582 g/mol. The maximum Gasteiger partial charge on any atom is 0.174 e. The number of rotatable bonds is 5. The quantitative estimate of drug-likeness (QED) is 0.220. The van der Waals surface area contributed by atoms with Gasteiger partial charge in [0.25, 0.3) is 0 Å². The minimum Gasteiger partial charge on any atom is -0.507 e. The van der Waals surface area contributed by atoms with E-state index in [-0.39, 0.29) is 27.1 Å². The van der Waals surface area contributed by atoms with Gasteiger partial charge in [0.1, 0.15) is 17.4 Å². The highest BCUT2D eigenvalue weighted by molar-refractivity contribution is 6.04. The van der Waals surface area contributed by atoms with Gasteiger partial charge in [0.15, 0.2) is 11.2 Å². The average Bonchev–Trinajstić information content (AvgIpc) is 3.05. The van der Waals surface area contributed by atoms with Crippen LogP contribution in [0.15, 0.2) is 45.4 Å². The van der Waals surface area contributed by atoms with E-state index in [1.807, 2.05) is 6.92 Å². The SMILES string of the molecule is Cc1cc(CCCOn2oc3c(C(C)(C)C)cc(C(C)(C)C)cc3c3cc(C(C)(C)C)cc(C(C)(C)C)c3o2)cc(C(C)(C)C)c1O. The Morgan fingerprint density at radius 3 is 1.38 bits per heavy atom. The van der Waals surface area contributed by atoms with Gasteiger partial charge in [-0.25, -0.2) is 0 Å². The van der Waals surface area contributed by atoms with Crippen molar-refractivity contribution >= 4 is 21.9 Å². The van der Waals surface area contributed by atoms with E-state index in [1.165, 1.54) is 21.8 Å². The Hall–Kier alpha value is -3.34. The summed E-state index contributed by atoms with van der Waals surface area (Å²) < 4.78 is 13.3. The summed E-state index contributed by atoms with van der Waals surface area (Å²) in [5.41, 5.74) is 8.62. The Bertz CT molecular complexity index is 1710. The first-order chi connectivity index (χ1) is 21.3. The number of aromatic hydroxyl groups is 1. The molecule has 4 aromatic rings. The molecule has 4 rings (SSSR count). The molecule has 47 heavy (non-hydrogen) atoms. The van der Waals surface area contributed by atoms with Gasteiger partial charge in [0.05, 0.1) is 0 Å². The topological polar surface area (TPSA) is 60.7 Å². The Labute approximate surface area is 283 Å². The van der Waals surface area contributed by atoms with Gasteiger partial charge in [-0.2, -0.15) is 0 Å². The molecule has 1 aromatic heterocycles. The summed E-state index contributed by atoms with van der Waals surface area (Å²) >= 11 is 0. The highest BCUT2D eigenvalue weighted by Gasteiger charge is 2.29. The lowest BCUT2D eigenvalue weighted by Crippen LogP contribution is -2.17. The fourth-order valence-corrected chi connectivity index (χ4v) is 6.04. The number of phenols is 1. The predicted molar refractivity (Wildman–Crippen MR) is 198 cm³/mol. The van der Waals surface area contributed by atoms with E-state index in [2.05, 4.69) is 140 Å². The van der Waals surface area contributed by atoms with E-state index in [1.54, 1.807) is 0 Å². The van der Waals surface area contributed by atoms with Crippen molar-refractivity contribution in [2.45, 2.75) is 151 Å². The summed E-state index contributed by atoms with van der Waals surface area (Å²) in [6.45, 7) is 35.7. The van der Waals surface area contributed by atoms with Crippen LogP contribution in [0.1, 0.15) is 149 Å². The second-order valence-corrected chi connectivity index (χ2v) is 18.7. The number of hydrogen-bond acceptors (Lipinski definition) is 4. The first kappa shape index (κ1) is 36.5. The Kier molecular flexibility index (Phi) is 9.53. The Morgan fingerprint density at radius 1 is 0.574 bits per heavy atom. The second-order valence-electron chi connectivity index (χ2n) is 18.7. The zero-order chi connectivity index (χ0) is 35.5. The van der Waals surface area contributed by atoms with Gasteiger partial charge >= 0.3 is 0 Å². The third-order valence-corrected chi connectivity index (χ3v) is 9.12. The molecule has 1 heterocycles. The van der Waals surface area contributed by atoms with Gasteiger partial charge in [-0.3, -0.25) is 0 Å². The number of aryl methyl sites for hydroxylation is 2. The van der Waals surface area contributed by atoms with Crippen LogP contribution in [0.25, 0.3) is 21.9 Å². The zero-order valence-corrected chi connectivity index (χ0v) is 32.2. The van der Waals surface area contributed by atoms with Crippen molar-refractivity contribution in [3.05, 3.63) is 75.3 Å². The van der Waals surface area contributed by atoms with Crippen molar-refractivity contribution in [1.82, 2.24) is 5.08 Å². The number of nitrogens with zero attached hydrogens (tertiary/aromatic N) is 1. The third kappa shape index (κ3) is 8.04. The van der Waals surface area contributed by atoms with Crippen molar-refractivity contribution in [3.8, 4) is 5.75 Å². The summed E-state index contributed by atoms with van der Waals surface area (Å²) in [6, 6.07) is 13.4. The van der Waals surface area contributed by atoms with Gasteiger partial charge in [-0.05, 0) is 86.8 Å². The molecule has 1 N–H and O–H groups in total. The van der Waals surface area contributed by atoms with Crippen LogP contribution >= 0.6 is 0 Å². The number of fused-ring (bicyclic) bond motifs is 3. The molecular formula is C42H61NO4. The first-order valence-corrected chi connectivity index (χ1v) is 17.3. The van der Waals surface area contributed by atoms with Crippen LogP contribution in [0.3, 0.4) is 0 Å². The monoisotopic (exact) mass is 643 g/mol. The van der Waals surface area contributed by atoms with Crippen LogP contribution in [0.5, 0.6) is 5.75 Å². The van der Waals surface area contributed by atoms with Gasteiger partial charge in [-0.1, -0.05) is 128 Å². The lowest BCUT2D eigenvalue weighted by molar-refractivity contribution is -0.143. The largest absolute Gasteiger partial charge is 0.507 e. The fraction of sp³-hybridized carbons (Fsp3) is 0.571. The standard InChI is InChI=1S/C42H61NO4/c1-26-20-27(21-32(35(26)44)40(8,9)10)18-17-19-45-43-46-36-30(22-28(38(2,3)4)24-33(36)41(11,12)13)31-23-29(39(5,6)7)25-34(37(31)47-43)42(14,15)16/h20-25,44H,17-19H2,1-16H3. The lowest BCUT2D eigenvalue weighted by Gasteiger charge is -2.26. The molecule has 0 aliphatic carbocycles. The fourth-order valence-electron chi connectivity index (χ4n) is 6.04. The average molecular weight is 644 g/mol. The number of benzene rings is 3. The number of hydrogen-bond donors (Lipinski definition) is 1. The minimum atomic E-state index is -0.197. The molecule has 0 radical (unpaired) electrons. The van der Waals surface area contributed by atoms with Crippen molar-refractivity contribution in [3.63, 3.8) is 0 Å². The van der Waals surface area contributed by atoms with E-state index < -0.39 is 0 Å². The van der Waals surface area contributed by atoms with E-state index in [4.69, 9.17) is 13.9 Å². The molecule has 0 atom stereocenters. The highest BCUT2D eigenvalue weighted by atomic mass is 17.0. The van der Waals surface area contributed by atoms with Crippen molar-refractivity contribution in [2.24, 2.45) is 0 Å². The van der Waals surface area contributed by atoms with Crippen LogP contribution in [-0.4, -0.2) is 16.8 Å². The summed E-state index contributed by atoms with van der Waals surface area (Å²) in [7, 11) is 0. The maximum absolute atomic E-state index is 10.7. The molecule has 0 aliphatic heterocycles. The van der Waals surface area contributed by atoms with E-state index in [0.29, 0.717) is 12.4 Å². The minimum absolute atomic E-state index is 0.0630. The maximum atomic E-state index is 10.7. The Morgan fingerprint density at radius 2 is 1.00 bits per heavy atom. The van der Waals surface area contributed by atoms with Gasteiger partial charge in [0, 0.05) is 21.9 Å². The van der Waals surface area contributed by atoms with Crippen molar-refractivity contribution in [2.75, 3.05) is 6.61 Å². The molecule has 3 aromatic carbocycles. The summed E-state index contributed by atoms with van der Waals surface area (Å²) in [5, 5.41) is 14.0. The molecule has 5 heteroatoms. The number of aromatic nitrogens is 1. The van der Waals surface area contributed by atoms with Gasteiger partial charge in [0.2, 0.25) is 0 Å². The van der Waals surface area contributed by atoms with E-state index in [0.717, 1.165) is 57.0 Å². The van der Waals surface area contributed by atoms with E-state index >= 15 is 0 Å². The van der Waals surface area contributed by atoms with E-state index in [9.17, 15) is 5.11 Å². The van der Waals surface area contributed by atoms with Gasteiger partial charge in [-0.15, -0.1) is 0 Å². The molecule has 0 spiro atoms. The summed E-state index contributed by atoms with van der Waals surface area (Å²) in [5.74, 6) is 0.384. The molecule has 0 aliphatic rings. The van der Waals surface area contributed by atoms with Crippen LogP contribution < -0.4 is 4.84 Å². The molecule has 258 valence electrons. The lowest BCUT2D eigenvalue weighted by atomic mass is 9.77. The van der Waals surface area contributed by atoms with Crippen LogP contribution in [0, 0.1) is 6.92 Å². The molecule has 0 fully saturated rings. The molecule has 0 unspecified atom stereocenters. The van der Waals surface area contributed by atoms with Crippen LogP contribution in [0.4, 0.5) is 0 Å². The Balaban J connectivity index is 1.94.